The highest BCUT2D eigenvalue weighted by Crippen LogP contribution is 2.24. The Morgan fingerprint density at radius 2 is 2.16 bits per heavy atom. The van der Waals surface area contributed by atoms with Gasteiger partial charge in [-0.2, -0.15) is 0 Å². The lowest BCUT2D eigenvalue weighted by atomic mass is 10.0. The summed E-state index contributed by atoms with van der Waals surface area (Å²) in [6, 6.07) is 2.09. The SMILES string of the molecule is CC(C)=CCN1CCC(Nc2ncc(C=CC(=O)NO)cc2Cl)CC1. The molecule has 0 radical (unpaired) electrons. The van der Waals surface area contributed by atoms with Crippen LogP contribution in [0.3, 0.4) is 0 Å². The number of amides is 1. The fourth-order valence-electron chi connectivity index (χ4n) is 2.62. The number of nitrogens with zero attached hydrogens (tertiary/aromatic N) is 2. The molecule has 0 atom stereocenters. The number of halogens is 1. The number of hydrogen-bond donors (Lipinski definition) is 3. The molecule has 2 rings (SSSR count). The van der Waals surface area contributed by atoms with Crippen molar-refractivity contribution in [3.8, 4) is 0 Å². The summed E-state index contributed by atoms with van der Waals surface area (Å²) < 4.78 is 0. The molecule has 6 nitrogen and oxygen atoms in total. The molecular weight excluding hydrogens is 340 g/mol. The zero-order chi connectivity index (χ0) is 18.2. The predicted molar refractivity (Wildman–Crippen MR) is 101 cm³/mol. The van der Waals surface area contributed by atoms with Crippen LogP contribution < -0.4 is 10.8 Å². The molecule has 25 heavy (non-hydrogen) atoms. The van der Waals surface area contributed by atoms with Crippen LogP contribution >= 0.6 is 11.6 Å². The average Bonchev–Trinajstić information content (AvgIpc) is 2.61. The first-order valence-corrected chi connectivity index (χ1v) is 8.75. The Morgan fingerprint density at radius 1 is 1.44 bits per heavy atom. The first-order chi connectivity index (χ1) is 12.0. The number of aromatic nitrogens is 1. The van der Waals surface area contributed by atoms with Gasteiger partial charge in [-0.1, -0.05) is 23.3 Å². The van der Waals surface area contributed by atoms with Crippen LogP contribution in [0.15, 0.2) is 30.0 Å². The molecule has 1 aliphatic rings. The molecule has 0 bridgehead atoms. The number of piperidine rings is 1. The fraction of sp³-hybridized carbons (Fsp3) is 0.444. The predicted octanol–water partition coefficient (Wildman–Crippen LogP) is 3.10. The van der Waals surface area contributed by atoms with E-state index in [0.29, 0.717) is 22.4 Å². The fourth-order valence-corrected chi connectivity index (χ4v) is 2.85. The zero-order valence-corrected chi connectivity index (χ0v) is 15.4. The van der Waals surface area contributed by atoms with Gasteiger partial charge < -0.3 is 5.32 Å². The number of carbonyl (C=O) groups excluding carboxylic acids is 1. The molecule has 0 aromatic carbocycles. The van der Waals surface area contributed by atoms with Crippen molar-refractivity contribution in [3.05, 3.63) is 40.6 Å². The summed E-state index contributed by atoms with van der Waals surface area (Å²) in [6.07, 6.45) is 8.74. The third kappa shape index (κ3) is 6.49. The van der Waals surface area contributed by atoms with Crippen molar-refractivity contribution < 1.29 is 10.0 Å². The Morgan fingerprint density at radius 3 is 2.76 bits per heavy atom. The highest BCUT2D eigenvalue weighted by atomic mass is 35.5. The summed E-state index contributed by atoms with van der Waals surface area (Å²) in [5, 5.41) is 12.4. The van der Waals surface area contributed by atoms with Crippen LogP contribution in [0.1, 0.15) is 32.3 Å². The van der Waals surface area contributed by atoms with Gasteiger partial charge in [-0.25, -0.2) is 10.5 Å². The van der Waals surface area contributed by atoms with Crippen molar-refractivity contribution in [1.82, 2.24) is 15.4 Å². The van der Waals surface area contributed by atoms with E-state index in [-0.39, 0.29) is 0 Å². The second-order valence-corrected chi connectivity index (χ2v) is 6.82. The number of likely N-dealkylation sites (tertiary alicyclic amines) is 1. The van der Waals surface area contributed by atoms with Gasteiger partial charge in [0.15, 0.2) is 0 Å². The van der Waals surface area contributed by atoms with Gasteiger partial charge in [0.2, 0.25) is 0 Å². The maximum Gasteiger partial charge on any atom is 0.267 e. The van der Waals surface area contributed by atoms with Crippen LogP contribution in [0.25, 0.3) is 6.08 Å². The van der Waals surface area contributed by atoms with Crippen LogP contribution in [-0.2, 0) is 4.79 Å². The van der Waals surface area contributed by atoms with Crippen LogP contribution in [0.2, 0.25) is 5.02 Å². The summed E-state index contributed by atoms with van der Waals surface area (Å²) in [5.41, 5.74) is 3.57. The number of hydroxylamine groups is 1. The van der Waals surface area contributed by atoms with Crippen LogP contribution in [0, 0.1) is 0 Å². The van der Waals surface area contributed by atoms with E-state index >= 15 is 0 Å². The van der Waals surface area contributed by atoms with Gasteiger partial charge in [0.05, 0.1) is 5.02 Å². The molecule has 1 aliphatic heterocycles. The Bertz CT molecular complexity index is 648. The number of nitrogens with one attached hydrogen (secondary N) is 2. The van der Waals surface area contributed by atoms with Crippen molar-refractivity contribution in [1.29, 1.82) is 0 Å². The van der Waals surface area contributed by atoms with E-state index in [9.17, 15) is 4.79 Å². The van der Waals surface area contributed by atoms with Gasteiger partial charge in [0.1, 0.15) is 5.82 Å². The quantitative estimate of drug-likeness (QED) is 0.313. The number of allylic oxidation sites excluding steroid dienone is 1. The van der Waals surface area contributed by atoms with Crippen molar-refractivity contribution in [2.45, 2.75) is 32.7 Å². The van der Waals surface area contributed by atoms with E-state index in [2.05, 4.69) is 35.1 Å². The molecule has 1 amide bonds. The third-order valence-corrected chi connectivity index (χ3v) is 4.37. The Labute approximate surface area is 153 Å². The first kappa shape index (κ1) is 19.4. The van der Waals surface area contributed by atoms with E-state index in [1.54, 1.807) is 12.3 Å². The lowest BCUT2D eigenvalue weighted by Gasteiger charge is -2.32. The lowest BCUT2D eigenvalue weighted by Crippen LogP contribution is -2.39. The molecule has 1 fully saturated rings. The van der Waals surface area contributed by atoms with Crippen LogP contribution in [-0.4, -0.2) is 46.7 Å². The maximum absolute atomic E-state index is 11.0. The molecule has 7 heteroatoms. The molecule has 1 aromatic rings. The lowest BCUT2D eigenvalue weighted by molar-refractivity contribution is -0.124. The molecule has 0 aliphatic carbocycles. The van der Waals surface area contributed by atoms with Crippen LogP contribution in [0.5, 0.6) is 0 Å². The van der Waals surface area contributed by atoms with E-state index in [1.165, 1.54) is 23.2 Å². The third-order valence-electron chi connectivity index (χ3n) is 4.09. The Balaban J connectivity index is 1.88. The van der Waals surface area contributed by atoms with E-state index in [1.807, 2.05) is 0 Å². The molecule has 2 heterocycles. The minimum Gasteiger partial charge on any atom is -0.366 e. The molecule has 1 aromatic heterocycles. The van der Waals surface area contributed by atoms with Crippen molar-refractivity contribution >= 4 is 29.4 Å². The molecular formula is C18H25ClN4O2. The van der Waals surface area contributed by atoms with Gasteiger partial charge >= 0.3 is 0 Å². The number of pyridine rings is 1. The second kappa shape index (κ2) is 9.56. The standard InChI is InChI=1S/C18H25ClN4O2/c1-13(2)5-8-23-9-6-15(7-10-23)21-18-16(19)11-14(12-20-18)3-4-17(24)22-25/h3-5,11-12,15,25H,6-10H2,1-2H3,(H,20,21)(H,22,24). The van der Waals surface area contributed by atoms with Gasteiger partial charge in [-0.05, 0) is 44.4 Å². The first-order valence-electron chi connectivity index (χ1n) is 8.38. The highest BCUT2D eigenvalue weighted by Gasteiger charge is 2.19. The summed E-state index contributed by atoms with van der Waals surface area (Å²) in [7, 11) is 0. The average molecular weight is 365 g/mol. The molecule has 1 saturated heterocycles. The van der Waals surface area contributed by atoms with Gasteiger partial charge in [0, 0.05) is 37.9 Å². The van der Waals surface area contributed by atoms with Crippen molar-refractivity contribution in [2.24, 2.45) is 0 Å². The van der Waals surface area contributed by atoms with Crippen molar-refractivity contribution in [2.75, 3.05) is 25.0 Å². The molecule has 0 unspecified atom stereocenters. The highest BCUT2D eigenvalue weighted by molar-refractivity contribution is 6.33. The molecule has 136 valence electrons. The van der Waals surface area contributed by atoms with E-state index in [4.69, 9.17) is 16.8 Å². The van der Waals surface area contributed by atoms with Gasteiger partial charge in [-0.15, -0.1) is 0 Å². The summed E-state index contributed by atoms with van der Waals surface area (Å²) in [5.74, 6) is 0.0615. The molecule has 0 spiro atoms. The summed E-state index contributed by atoms with van der Waals surface area (Å²) in [6.45, 7) is 7.36. The molecule has 3 N–H and O–H groups in total. The van der Waals surface area contributed by atoms with E-state index < -0.39 is 5.91 Å². The smallest absolute Gasteiger partial charge is 0.267 e. The minimum absolute atomic E-state index is 0.356. The van der Waals surface area contributed by atoms with Gasteiger partial charge in [-0.3, -0.25) is 14.9 Å². The van der Waals surface area contributed by atoms with E-state index in [0.717, 1.165) is 32.5 Å². The Kier molecular flexibility index (Phi) is 7.43. The zero-order valence-electron chi connectivity index (χ0n) is 14.6. The normalized spacial score (nSPS) is 16.0. The maximum atomic E-state index is 11.0. The largest absolute Gasteiger partial charge is 0.366 e. The van der Waals surface area contributed by atoms with Gasteiger partial charge in [0.25, 0.3) is 5.91 Å². The number of rotatable bonds is 6. The minimum atomic E-state index is -0.599. The summed E-state index contributed by atoms with van der Waals surface area (Å²) >= 11 is 6.28. The van der Waals surface area contributed by atoms with Crippen molar-refractivity contribution in [3.63, 3.8) is 0 Å². The summed E-state index contributed by atoms with van der Waals surface area (Å²) in [4.78, 5) is 17.8. The Hall–Kier alpha value is -1.89. The number of carbonyl (C=O) groups is 1. The number of hydrogen-bond acceptors (Lipinski definition) is 5. The number of anilines is 1. The molecule has 0 saturated carbocycles. The topological polar surface area (TPSA) is 77.5 Å². The monoisotopic (exact) mass is 364 g/mol. The second-order valence-electron chi connectivity index (χ2n) is 6.41. The van der Waals surface area contributed by atoms with Crippen LogP contribution in [0.4, 0.5) is 5.82 Å².